The van der Waals surface area contributed by atoms with Crippen LogP contribution in [0.15, 0.2) is 34.2 Å². The zero-order chi connectivity index (χ0) is 18.0. The van der Waals surface area contributed by atoms with E-state index in [2.05, 4.69) is 22.5 Å². The highest BCUT2D eigenvalue weighted by Gasteiger charge is 2.20. The van der Waals surface area contributed by atoms with Crippen LogP contribution >= 0.6 is 24.0 Å². The lowest BCUT2D eigenvalue weighted by atomic mass is 10.2. The fourth-order valence-electron chi connectivity index (χ4n) is 2.26. The van der Waals surface area contributed by atoms with Crippen LogP contribution in [0.2, 0.25) is 0 Å². The van der Waals surface area contributed by atoms with Crippen molar-refractivity contribution in [1.82, 2.24) is 14.9 Å². The Kier molecular flexibility index (Phi) is 12.0. The first kappa shape index (κ1) is 24.1. The number of nitrogens with one attached hydrogen (secondary N) is 2. The van der Waals surface area contributed by atoms with E-state index in [0.717, 1.165) is 18.5 Å². The average molecular weight is 482 g/mol. The van der Waals surface area contributed by atoms with Gasteiger partial charge in [-0.1, -0.05) is 44.4 Å². The molecule has 0 spiro atoms. The van der Waals surface area contributed by atoms with Crippen LogP contribution in [0.5, 0.6) is 0 Å². The minimum absolute atomic E-state index is 0. The van der Waals surface area contributed by atoms with Crippen LogP contribution in [0.3, 0.4) is 0 Å². The number of aliphatic imine (C=N–C) groups is 1. The Hall–Kier alpha value is -0.870. The van der Waals surface area contributed by atoms with E-state index in [-0.39, 0.29) is 24.0 Å². The maximum absolute atomic E-state index is 12.4. The third-order valence-corrected chi connectivity index (χ3v) is 5.64. The van der Waals surface area contributed by atoms with Crippen LogP contribution < -0.4 is 10.6 Å². The van der Waals surface area contributed by atoms with Gasteiger partial charge in [-0.2, -0.15) is 0 Å². The molecule has 25 heavy (non-hydrogen) atoms. The SMILES string of the molecule is CCCCCCNC(=NC)NCc1ccccc1S(=O)(=O)N(C)C.I. The second kappa shape index (κ2) is 12.5. The Bertz CT molecular complexity index is 633. The van der Waals surface area contributed by atoms with Crippen LogP contribution in [-0.4, -0.2) is 46.4 Å². The second-order valence-corrected chi connectivity index (χ2v) is 7.93. The number of rotatable bonds is 9. The van der Waals surface area contributed by atoms with Crippen LogP contribution in [0.4, 0.5) is 0 Å². The van der Waals surface area contributed by atoms with Crippen molar-refractivity contribution in [3.05, 3.63) is 29.8 Å². The van der Waals surface area contributed by atoms with Crippen molar-refractivity contribution in [3.63, 3.8) is 0 Å². The number of nitrogens with zero attached hydrogens (tertiary/aromatic N) is 2. The monoisotopic (exact) mass is 482 g/mol. The molecule has 0 amide bonds. The van der Waals surface area contributed by atoms with E-state index in [1.807, 2.05) is 12.1 Å². The third-order valence-electron chi connectivity index (χ3n) is 3.72. The molecule has 8 heteroatoms. The first-order chi connectivity index (χ1) is 11.4. The van der Waals surface area contributed by atoms with Gasteiger partial charge in [-0.3, -0.25) is 4.99 Å². The van der Waals surface area contributed by atoms with Gasteiger partial charge in [0.15, 0.2) is 5.96 Å². The van der Waals surface area contributed by atoms with E-state index >= 15 is 0 Å². The molecule has 6 nitrogen and oxygen atoms in total. The smallest absolute Gasteiger partial charge is 0.242 e. The molecule has 2 N–H and O–H groups in total. The fraction of sp³-hybridized carbons (Fsp3) is 0.588. The first-order valence-corrected chi connectivity index (χ1v) is 9.82. The van der Waals surface area contributed by atoms with Gasteiger partial charge in [-0.05, 0) is 18.1 Å². The Balaban J connectivity index is 0.00000576. The molecule has 1 aromatic carbocycles. The summed E-state index contributed by atoms with van der Waals surface area (Å²) in [7, 11) is 1.33. The van der Waals surface area contributed by atoms with E-state index < -0.39 is 10.0 Å². The minimum atomic E-state index is -3.46. The highest BCUT2D eigenvalue weighted by molar-refractivity contribution is 14.0. The molecule has 1 aromatic rings. The van der Waals surface area contributed by atoms with Crippen molar-refractivity contribution in [2.45, 2.75) is 44.0 Å². The largest absolute Gasteiger partial charge is 0.356 e. The lowest BCUT2D eigenvalue weighted by molar-refractivity contribution is 0.519. The standard InChI is InChI=1S/C17H30N4O2S.HI/c1-5-6-7-10-13-19-17(18-2)20-14-15-11-8-9-12-16(15)24(22,23)21(3)4;/h8-9,11-12H,5-7,10,13-14H2,1-4H3,(H2,18,19,20);1H. The maximum atomic E-state index is 12.4. The summed E-state index contributed by atoms with van der Waals surface area (Å²) in [5, 5.41) is 6.44. The quantitative estimate of drug-likeness (QED) is 0.246. The lowest BCUT2D eigenvalue weighted by Crippen LogP contribution is -2.37. The van der Waals surface area contributed by atoms with Crippen molar-refractivity contribution in [2.24, 2.45) is 4.99 Å². The van der Waals surface area contributed by atoms with Crippen molar-refractivity contribution in [3.8, 4) is 0 Å². The van der Waals surface area contributed by atoms with Crippen molar-refractivity contribution >= 4 is 40.0 Å². The van der Waals surface area contributed by atoms with Gasteiger partial charge < -0.3 is 10.6 Å². The predicted octanol–water partition coefficient (Wildman–Crippen LogP) is 2.80. The Morgan fingerprint density at radius 1 is 1.12 bits per heavy atom. The molecule has 0 fully saturated rings. The number of hydrogen-bond acceptors (Lipinski definition) is 3. The molecule has 0 aliphatic rings. The topological polar surface area (TPSA) is 73.8 Å². The summed E-state index contributed by atoms with van der Waals surface area (Å²) in [6.07, 6.45) is 4.75. The summed E-state index contributed by atoms with van der Waals surface area (Å²) >= 11 is 0. The molecular formula is C17H31IN4O2S. The van der Waals surface area contributed by atoms with E-state index in [1.54, 1.807) is 19.2 Å². The second-order valence-electron chi connectivity index (χ2n) is 5.81. The van der Waals surface area contributed by atoms with E-state index in [4.69, 9.17) is 0 Å². The number of benzene rings is 1. The molecule has 1 rings (SSSR count). The van der Waals surface area contributed by atoms with Gasteiger partial charge in [0, 0.05) is 34.2 Å². The van der Waals surface area contributed by atoms with Gasteiger partial charge in [0.25, 0.3) is 0 Å². The molecular weight excluding hydrogens is 451 g/mol. The molecule has 0 heterocycles. The average Bonchev–Trinajstić information content (AvgIpc) is 2.57. The summed E-state index contributed by atoms with van der Waals surface area (Å²) in [5.74, 6) is 0.684. The number of guanidine groups is 1. The summed E-state index contributed by atoms with van der Waals surface area (Å²) in [6.45, 7) is 3.45. The molecule has 0 saturated heterocycles. The normalized spacial score (nSPS) is 12.0. The molecule has 0 aromatic heterocycles. The van der Waals surface area contributed by atoms with Crippen molar-refractivity contribution in [2.75, 3.05) is 27.7 Å². The van der Waals surface area contributed by atoms with Crippen molar-refractivity contribution in [1.29, 1.82) is 0 Å². The lowest BCUT2D eigenvalue weighted by Gasteiger charge is -2.17. The van der Waals surface area contributed by atoms with E-state index in [9.17, 15) is 8.42 Å². The number of halogens is 1. The van der Waals surface area contributed by atoms with Crippen LogP contribution in [0, 0.1) is 0 Å². The summed E-state index contributed by atoms with van der Waals surface area (Å²) < 4.78 is 26.0. The molecule has 0 unspecified atom stereocenters. The van der Waals surface area contributed by atoms with Gasteiger partial charge in [0.1, 0.15) is 0 Å². The predicted molar refractivity (Wildman–Crippen MR) is 115 cm³/mol. The molecule has 0 bridgehead atoms. The highest BCUT2D eigenvalue weighted by atomic mass is 127. The molecule has 0 aliphatic heterocycles. The van der Waals surface area contributed by atoms with Gasteiger partial charge in [0.2, 0.25) is 10.0 Å². The van der Waals surface area contributed by atoms with Gasteiger partial charge in [-0.15, -0.1) is 24.0 Å². The summed E-state index contributed by atoms with van der Waals surface area (Å²) in [4.78, 5) is 4.50. The molecule has 0 radical (unpaired) electrons. The van der Waals surface area contributed by atoms with Gasteiger partial charge >= 0.3 is 0 Å². The van der Waals surface area contributed by atoms with Gasteiger partial charge in [-0.25, -0.2) is 12.7 Å². The number of sulfonamides is 1. The first-order valence-electron chi connectivity index (χ1n) is 8.38. The van der Waals surface area contributed by atoms with E-state index in [0.29, 0.717) is 17.4 Å². The van der Waals surface area contributed by atoms with Crippen LogP contribution in [0.25, 0.3) is 0 Å². The Morgan fingerprint density at radius 2 is 1.80 bits per heavy atom. The Morgan fingerprint density at radius 3 is 2.40 bits per heavy atom. The minimum Gasteiger partial charge on any atom is -0.356 e. The van der Waals surface area contributed by atoms with Crippen LogP contribution in [0.1, 0.15) is 38.2 Å². The third kappa shape index (κ3) is 7.91. The highest BCUT2D eigenvalue weighted by Crippen LogP contribution is 2.18. The molecule has 0 aliphatic carbocycles. The maximum Gasteiger partial charge on any atom is 0.242 e. The zero-order valence-electron chi connectivity index (χ0n) is 15.6. The van der Waals surface area contributed by atoms with Gasteiger partial charge in [0.05, 0.1) is 4.90 Å². The zero-order valence-corrected chi connectivity index (χ0v) is 18.7. The number of unbranched alkanes of at least 4 members (excludes halogenated alkanes) is 3. The molecule has 0 saturated carbocycles. The van der Waals surface area contributed by atoms with Crippen molar-refractivity contribution < 1.29 is 8.42 Å². The fourth-order valence-corrected chi connectivity index (χ4v) is 3.37. The number of hydrogen-bond donors (Lipinski definition) is 2. The van der Waals surface area contributed by atoms with E-state index in [1.165, 1.54) is 37.7 Å². The Labute approximate surface area is 169 Å². The molecule has 0 atom stereocenters. The van der Waals surface area contributed by atoms with Crippen LogP contribution in [-0.2, 0) is 16.6 Å². The summed E-state index contributed by atoms with van der Waals surface area (Å²) in [6, 6.07) is 7.03. The summed E-state index contributed by atoms with van der Waals surface area (Å²) in [5.41, 5.74) is 0.722. The molecule has 144 valence electrons.